The summed E-state index contributed by atoms with van der Waals surface area (Å²) >= 11 is 0. The zero-order chi connectivity index (χ0) is 19.8. The number of nitrogens with one attached hydrogen (secondary N) is 1. The van der Waals surface area contributed by atoms with Gasteiger partial charge in [-0.3, -0.25) is 0 Å². The van der Waals surface area contributed by atoms with E-state index < -0.39 is 0 Å². The lowest BCUT2D eigenvalue weighted by Gasteiger charge is -2.18. The highest BCUT2D eigenvalue weighted by Gasteiger charge is 2.31. The second-order valence-electron chi connectivity index (χ2n) is 8.17. The molecule has 6 heteroatoms. The number of benzene rings is 1. The summed E-state index contributed by atoms with van der Waals surface area (Å²) < 4.78 is 2.24. The molecule has 2 aliphatic rings. The fourth-order valence-corrected chi connectivity index (χ4v) is 4.74. The Bertz CT molecular complexity index is 1060. The van der Waals surface area contributed by atoms with Crippen LogP contribution in [0.5, 0.6) is 0 Å². The standard InChI is InChI=1S/C23H27N5O/c1-2-12-28-21(26-20-7-4-11-24-22(20)28)18-10-13-27(15-18)23(29)25-19-9-8-16-5-3-6-17(16)14-19/h4,7-9,11,14,18H,2-3,5-6,10,12-13,15H2,1H3,(H,25,29)/t18-/m1/s1. The predicted molar refractivity (Wildman–Crippen MR) is 114 cm³/mol. The van der Waals surface area contributed by atoms with Crippen molar-refractivity contribution in [1.82, 2.24) is 19.4 Å². The van der Waals surface area contributed by atoms with Gasteiger partial charge in [0, 0.05) is 37.4 Å². The van der Waals surface area contributed by atoms with Gasteiger partial charge in [-0.1, -0.05) is 13.0 Å². The number of pyridine rings is 1. The minimum absolute atomic E-state index is 0.0123. The molecule has 2 amide bonds. The first-order chi connectivity index (χ1) is 14.2. The van der Waals surface area contributed by atoms with E-state index in [0.717, 1.165) is 61.4 Å². The molecule has 29 heavy (non-hydrogen) atoms. The van der Waals surface area contributed by atoms with Crippen LogP contribution in [0.3, 0.4) is 0 Å². The van der Waals surface area contributed by atoms with E-state index in [4.69, 9.17) is 4.98 Å². The van der Waals surface area contributed by atoms with Crippen LogP contribution in [0.2, 0.25) is 0 Å². The van der Waals surface area contributed by atoms with E-state index in [2.05, 4.69) is 33.9 Å². The van der Waals surface area contributed by atoms with Gasteiger partial charge in [-0.25, -0.2) is 14.8 Å². The first kappa shape index (κ1) is 18.2. The van der Waals surface area contributed by atoms with E-state index in [-0.39, 0.29) is 11.9 Å². The Morgan fingerprint density at radius 2 is 2.14 bits per heavy atom. The molecule has 0 spiro atoms. The third kappa shape index (κ3) is 3.37. The fraction of sp³-hybridized carbons (Fsp3) is 0.435. The molecule has 3 aromatic rings. The molecule has 2 aromatic heterocycles. The first-order valence-corrected chi connectivity index (χ1v) is 10.7. The predicted octanol–water partition coefficient (Wildman–Crippen LogP) is 4.35. The summed E-state index contributed by atoms with van der Waals surface area (Å²) in [5, 5.41) is 3.10. The lowest BCUT2D eigenvalue weighted by atomic mass is 10.1. The van der Waals surface area contributed by atoms with Crippen LogP contribution >= 0.6 is 0 Å². The van der Waals surface area contributed by atoms with Gasteiger partial charge >= 0.3 is 6.03 Å². The Balaban J connectivity index is 1.32. The molecule has 150 valence electrons. The van der Waals surface area contributed by atoms with E-state index in [1.165, 1.54) is 17.5 Å². The Hall–Kier alpha value is -2.89. The van der Waals surface area contributed by atoms with Crippen LogP contribution in [0, 0.1) is 0 Å². The Labute approximate surface area is 171 Å². The number of likely N-dealkylation sites (tertiary alicyclic amines) is 1. The van der Waals surface area contributed by atoms with Gasteiger partial charge in [0.15, 0.2) is 5.65 Å². The maximum Gasteiger partial charge on any atom is 0.321 e. The number of urea groups is 1. The van der Waals surface area contributed by atoms with Crippen molar-refractivity contribution >= 4 is 22.9 Å². The monoisotopic (exact) mass is 389 g/mol. The number of hydrogen-bond donors (Lipinski definition) is 1. The second kappa shape index (κ2) is 7.50. The molecule has 5 rings (SSSR count). The number of nitrogens with zero attached hydrogens (tertiary/aromatic N) is 4. The van der Waals surface area contributed by atoms with Gasteiger partial charge in [0.05, 0.1) is 0 Å². The number of hydrogen-bond acceptors (Lipinski definition) is 3. The molecule has 0 bridgehead atoms. The SMILES string of the molecule is CCCn1c([C@@H]2CCN(C(=O)Nc3ccc4c(c3)CCC4)C2)nc2cccnc21. The zero-order valence-electron chi connectivity index (χ0n) is 16.9. The summed E-state index contributed by atoms with van der Waals surface area (Å²) in [4.78, 5) is 24.2. The van der Waals surface area contributed by atoms with E-state index in [1.807, 2.05) is 29.3 Å². The second-order valence-corrected chi connectivity index (χ2v) is 8.17. The van der Waals surface area contributed by atoms with Crippen molar-refractivity contribution in [3.63, 3.8) is 0 Å². The number of rotatable bonds is 4. The van der Waals surface area contributed by atoms with Crippen molar-refractivity contribution in [2.24, 2.45) is 0 Å². The van der Waals surface area contributed by atoms with Crippen LogP contribution in [-0.2, 0) is 19.4 Å². The topological polar surface area (TPSA) is 63.1 Å². The largest absolute Gasteiger partial charge is 0.324 e. The summed E-state index contributed by atoms with van der Waals surface area (Å²) in [6, 6.07) is 10.3. The van der Waals surface area contributed by atoms with E-state index >= 15 is 0 Å². The van der Waals surface area contributed by atoms with Crippen LogP contribution in [-0.4, -0.2) is 38.6 Å². The summed E-state index contributed by atoms with van der Waals surface area (Å²) in [7, 11) is 0. The number of imidazole rings is 1. The van der Waals surface area contributed by atoms with Gasteiger partial charge in [-0.05, 0) is 67.5 Å². The summed E-state index contributed by atoms with van der Waals surface area (Å²) in [6.45, 7) is 4.53. The summed E-state index contributed by atoms with van der Waals surface area (Å²) in [5.41, 5.74) is 5.60. The molecule has 6 nitrogen and oxygen atoms in total. The molecular formula is C23H27N5O. The minimum atomic E-state index is -0.0123. The molecule has 1 atom stereocenters. The van der Waals surface area contributed by atoms with Gasteiger partial charge in [0.25, 0.3) is 0 Å². The van der Waals surface area contributed by atoms with E-state index in [9.17, 15) is 4.79 Å². The molecule has 1 aliphatic carbocycles. The van der Waals surface area contributed by atoms with Crippen molar-refractivity contribution in [3.8, 4) is 0 Å². The average Bonchev–Trinajstić information content (AvgIpc) is 3.46. The number of anilines is 1. The van der Waals surface area contributed by atoms with Crippen molar-refractivity contribution < 1.29 is 4.79 Å². The Morgan fingerprint density at radius 1 is 1.24 bits per heavy atom. The van der Waals surface area contributed by atoms with Gasteiger partial charge in [0.1, 0.15) is 11.3 Å². The van der Waals surface area contributed by atoms with Crippen molar-refractivity contribution in [2.45, 2.75) is 51.5 Å². The van der Waals surface area contributed by atoms with Crippen LogP contribution in [0.25, 0.3) is 11.2 Å². The van der Waals surface area contributed by atoms with Crippen LogP contribution in [0.15, 0.2) is 36.5 Å². The number of amides is 2. The maximum absolute atomic E-state index is 12.8. The fourth-order valence-electron chi connectivity index (χ4n) is 4.74. The highest BCUT2D eigenvalue weighted by Crippen LogP contribution is 2.30. The number of aromatic nitrogens is 3. The van der Waals surface area contributed by atoms with E-state index in [0.29, 0.717) is 6.54 Å². The average molecular weight is 390 g/mol. The summed E-state index contributed by atoms with van der Waals surface area (Å²) in [5.74, 6) is 1.31. The molecular weight excluding hydrogens is 362 g/mol. The number of aryl methyl sites for hydroxylation is 3. The lowest BCUT2D eigenvalue weighted by molar-refractivity contribution is 0.222. The van der Waals surface area contributed by atoms with Crippen LogP contribution in [0.4, 0.5) is 10.5 Å². The molecule has 0 saturated carbocycles. The first-order valence-electron chi connectivity index (χ1n) is 10.7. The lowest BCUT2D eigenvalue weighted by Crippen LogP contribution is -2.33. The third-order valence-corrected chi connectivity index (χ3v) is 6.17. The number of carbonyl (C=O) groups excluding carboxylic acids is 1. The van der Waals surface area contributed by atoms with E-state index in [1.54, 1.807) is 0 Å². The number of carbonyl (C=O) groups is 1. The van der Waals surface area contributed by atoms with Gasteiger partial charge < -0.3 is 14.8 Å². The summed E-state index contributed by atoms with van der Waals surface area (Å²) in [6.07, 6.45) is 7.28. The third-order valence-electron chi connectivity index (χ3n) is 6.17. The van der Waals surface area contributed by atoms with Crippen molar-refractivity contribution in [3.05, 3.63) is 53.5 Å². The van der Waals surface area contributed by atoms with Gasteiger partial charge in [0.2, 0.25) is 0 Å². The molecule has 3 heterocycles. The van der Waals surface area contributed by atoms with Crippen LogP contribution in [0.1, 0.15) is 49.1 Å². The van der Waals surface area contributed by atoms with Crippen LogP contribution < -0.4 is 5.32 Å². The number of fused-ring (bicyclic) bond motifs is 2. The van der Waals surface area contributed by atoms with Crippen molar-refractivity contribution in [1.29, 1.82) is 0 Å². The molecule has 0 unspecified atom stereocenters. The normalized spacial score (nSPS) is 18.4. The quantitative estimate of drug-likeness (QED) is 0.721. The Kier molecular flexibility index (Phi) is 4.70. The van der Waals surface area contributed by atoms with Gasteiger partial charge in [-0.15, -0.1) is 0 Å². The molecule has 1 aromatic carbocycles. The molecule has 1 N–H and O–H groups in total. The molecule has 1 aliphatic heterocycles. The highest BCUT2D eigenvalue weighted by atomic mass is 16.2. The molecule has 0 radical (unpaired) electrons. The van der Waals surface area contributed by atoms with Crippen molar-refractivity contribution in [2.75, 3.05) is 18.4 Å². The highest BCUT2D eigenvalue weighted by molar-refractivity contribution is 5.89. The Morgan fingerprint density at radius 3 is 3.03 bits per heavy atom. The minimum Gasteiger partial charge on any atom is -0.324 e. The molecule has 1 fully saturated rings. The maximum atomic E-state index is 12.8. The zero-order valence-corrected chi connectivity index (χ0v) is 16.9. The molecule has 1 saturated heterocycles. The van der Waals surface area contributed by atoms with Gasteiger partial charge in [-0.2, -0.15) is 0 Å². The smallest absolute Gasteiger partial charge is 0.321 e.